The summed E-state index contributed by atoms with van der Waals surface area (Å²) in [4.78, 5) is 0. The van der Waals surface area contributed by atoms with Gasteiger partial charge in [-0.2, -0.15) is 0 Å². The molecule has 0 saturated heterocycles. The first-order chi connectivity index (χ1) is 26.8. The number of hydrogen-bond donors (Lipinski definition) is 0. The molecule has 0 bridgehead atoms. The summed E-state index contributed by atoms with van der Waals surface area (Å²) in [5, 5.41) is 7.97. The third kappa shape index (κ3) is 3.15. The average molecular weight is 686 g/mol. The van der Waals surface area contributed by atoms with Crippen molar-refractivity contribution in [2.24, 2.45) is 0 Å². The maximum atomic E-state index is 2.62. The van der Waals surface area contributed by atoms with Crippen LogP contribution in [0.2, 0.25) is 0 Å². The summed E-state index contributed by atoms with van der Waals surface area (Å²) in [6.07, 6.45) is 1.04. The molecule has 0 saturated carbocycles. The van der Waals surface area contributed by atoms with Gasteiger partial charge in [0.05, 0.1) is 39.0 Å². The quantitative estimate of drug-likeness (QED) is 0.172. The van der Waals surface area contributed by atoms with Crippen molar-refractivity contribution < 1.29 is 0 Å². The molecule has 0 radical (unpaired) electrons. The van der Waals surface area contributed by atoms with E-state index in [1.54, 1.807) is 0 Å². The standard InChI is InChI=1S/C51H31N3/c1-2-16-34-33(15-1)48-40-27-39-36-22-23-45(53-41-17-7-3-11-29(41)30-12-4-8-18-42(30)53)37-25-26-52(51(36)37)47(39)28-38(40)35-21-24-46(49(34)50(35)48)54-43-19-9-5-13-31(43)32-14-6-10-20-44(32)54/h1-24,27-28,48H,25-26H2. The van der Waals surface area contributed by atoms with Crippen LogP contribution in [-0.2, 0) is 13.0 Å². The molecular weight excluding hydrogens is 655 g/mol. The lowest BCUT2D eigenvalue weighted by Gasteiger charge is -2.16. The van der Waals surface area contributed by atoms with E-state index < -0.39 is 0 Å². The minimum atomic E-state index is 0.219. The molecule has 3 aromatic heterocycles. The van der Waals surface area contributed by atoms with E-state index in [0.29, 0.717) is 0 Å². The minimum absolute atomic E-state index is 0.219. The lowest BCUT2D eigenvalue weighted by molar-refractivity contribution is 0.794. The molecular formula is C51H31N3. The molecule has 1 unspecified atom stereocenters. The molecule has 0 amide bonds. The number of fused-ring (bicyclic) bond motifs is 15. The van der Waals surface area contributed by atoms with E-state index in [1.165, 1.54) is 121 Å². The van der Waals surface area contributed by atoms with Crippen LogP contribution in [0.15, 0.2) is 158 Å². The molecule has 54 heavy (non-hydrogen) atoms. The predicted octanol–water partition coefficient (Wildman–Crippen LogP) is 12.7. The van der Waals surface area contributed by atoms with E-state index in [-0.39, 0.29) is 5.92 Å². The second-order valence-electron chi connectivity index (χ2n) is 15.5. The Morgan fingerprint density at radius 2 is 0.981 bits per heavy atom. The monoisotopic (exact) mass is 685 g/mol. The second-order valence-corrected chi connectivity index (χ2v) is 15.5. The van der Waals surface area contributed by atoms with E-state index in [1.807, 2.05) is 0 Å². The number of aryl methyl sites for hydroxylation is 2. The van der Waals surface area contributed by atoms with Gasteiger partial charge >= 0.3 is 0 Å². The first kappa shape index (κ1) is 27.8. The summed E-state index contributed by atoms with van der Waals surface area (Å²) in [6.45, 7) is 0.999. The SMILES string of the molecule is c1ccc2c(c1)-c1c(-n3c4ccccc4c4ccccc43)ccc3c1C2c1cc2c4ccc(-n5c6ccccc6c6ccccc65)c5c4n(c2cc1-3)CC5. The van der Waals surface area contributed by atoms with Crippen molar-refractivity contribution in [1.29, 1.82) is 0 Å². The number of hydrogen-bond acceptors (Lipinski definition) is 0. The van der Waals surface area contributed by atoms with Crippen LogP contribution in [0, 0.1) is 0 Å². The molecule has 4 heterocycles. The zero-order chi connectivity index (χ0) is 34.8. The van der Waals surface area contributed by atoms with Crippen molar-refractivity contribution in [2.45, 2.75) is 18.9 Å². The van der Waals surface area contributed by atoms with Gasteiger partial charge in [-0.25, -0.2) is 0 Å². The minimum Gasteiger partial charge on any atom is -0.340 e. The molecule has 3 aliphatic rings. The Balaban J connectivity index is 1.03. The first-order valence-corrected chi connectivity index (χ1v) is 19.2. The van der Waals surface area contributed by atoms with Gasteiger partial charge in [-0.1, -0.05) is 109 Å². The second kappa shape index (κ2) is 9.57. The van der Waals surface area contributed by atoms with Crippen molar-refractivity contribution in [3.05, 3.63) is 180 Å². The molecule has 0 spiro atoms. The molecule has 1 aliphatic heterocycles. The van der Waals surface area contributed by atoms with Crippen LogP contribution >= 0.6 is 0 Å². The van der Waals surface area contributed by atoms with Crippen molar-refractivity contribution >= 4 is 65.4 Å². The largest absolute Gasteiger partial charge is 0.340 e. The molecule has 11 aromatic rings. The van der Waals surface area contributed by atoms with Crippen LogP contribution in [0.25, 0.3) is 99.0 Å². The van der Waals surface area contributed by atoms with Gasteiger partial charge in [0.15, 0.2) is 0 Å². The maximum Gasteiger partial charge on any atom is 0.0545 e. The van der Waals surface area contributed by atoms with Crippen LogP contribution < -0.4 is 0 Å². The Morgan fingerprint density at radius 3 is 1.65 bits per heavy atom. The lowest BCUT2D eigenvalue weighted by Crippen LogP contribution is -1.99. The number of nitrogens with zero attached hydrogens (tertiary/aromatic N) is 3. The smallest absolute Gasteiger partial charge is 0.0545 e. The molecule has 2 aliphatic carbocycles. The van der Waals surface area contributed by atoms with Crippen LogP contribution in [0.3, 0.4) is 0 Å². The van der Waals surface area contributed by atoms with Crippen molar-refractivity contribution in [3.8, 4) is 33.6 Å². The molecule has 3 nitrogen and oxygen atoms in total. The van der Waals surface area contributed by atoms with Crippen LogP contribution in [0.4, 0.5) is 0 Å². The highest BCUT2D eigenvalue weighted by Crippen LogP contribution is 2.60. The average Bonchev–Trinajstić information content (AvgIpc) is 4.07. The molecule has 1 atom stereocenters. The van der Waals surface area contributed by atoms with Crippen molar-refractivity contribution in [3.63, 3.8) is 0 Å². The van der Waals surface area contributed by atoms with Gasteiger partial charge in [-0.15, -0.1) is 0 Å². The third-order valence-corrected chi connectivity index (χ3v) is 13.2. The third-order valence-electron chi connectivity index (χ3n) is 13.2. The first-order valence-electron chi connectivity index (χ1n) is 19.2. The van der Waals surface area contributed by atoms with Gasteiger partial charge in [-0.3, -0.25) is 0 Å². The highest BCUT2D eigenvalue weighted by atomic mass is 15.0. The van der Waals surface area contributed by atoms with Crippen LogP contribution in [-0.4, -0.2) is 13.7 Å². The number of para-hydroxylation sites is 4. The van der Waals surface area contributed by atoms with Gasteiger partial charge in [0.25, 0.3) is 0 Å². The summed E-state index contributed by atoms with van der Waals surface area (Å²) in [7, 11) is 0. The van der Waals surface area contributed by atoms with Gasteiger partial charge in [0, 0.05) is 61.4 Å². The number of rotatable bonds is 2. The fraction of sp³-hybridized carbons (Fsp3) is 0.0588. The van der Waals surface area contributed by atoms with Gasteiger partial charge in [0.1, 0.15) is 0 Å². The van der Waals surface area contributed by atoms with Gasteiger partial charge in [-0.05, 0) is 88.3 Å². The summed E-state index contributed by atoms with van der Waals surface area (Å²) in [5.74, 6) is 0.219. The van der Waals surface area contributed by atoms with Gasteiger partial charge < -0.3 is 13.7 Å². The molecule has 0 fully saturated rings. The number of benzene rings is 8. The normalized spacial score (nSPS) is 15.1. The van der Waals surface area contributed by atoms with E-state index >= 15 is 0 Å². The lowest BCUT2D eigenvalue weighted by atomic mass is 9.92. The Labute approximate surface area is 310 Å². The van der Waals surface area contributed by atoms with Crippen LogP contribution in [0.1, 0.15) is 28.2 Å². The summed E-state index contributed by atoms with van der Waals surface area (Å²) < 4.78 is 7.64. The zero-order valence-corrected chi connectivity index (χ0v) is 29.3. The Kier molecular flexibility index (Phi) is 4.92. The van der Waals surface area contributed by atoms with E-state index in [2.05, 4.69) is 171 Å². The fourth-order valence-electron chi connectivity index (χ4n) is 11.1. The molecule has 3 heteroatoms. The number of aromatic nitrogens is 3. The molecule has 0 N–H and O–H groups in total. The van der Waals surface area contributed by atoms with E-state index in [0.717, 1.165) is 13.0 Å². The zero-order valence-electron chi connectivity index (χ0n) is 29.3. The Morgan fingerprint density at radius 1 is 0.407 bits per heavy atom. The Hall–Kier alpha value is -6.84. The highest BCUT2D eigenvalue weighted by molar-refractivity contribution is 6.15. The van der Waals surface area contributed by atoms with Crippen LogP contribution in [0.5, 0.6) is 0 Å². The molecule has 14 rings (SSSR count). The molecule has 250 valence electrons. The molecule has 8 aromatic carbocycles. The van der Waals surface area contributed by atoms with E-state index in [4.69, 9.17) is 0 Å². The fourth-order valence-corrected chi connectivity index (χ4v) is 11.1. The predicted molar refractivity (Wildman–Crippen MR) is 224 cm³/mol. The Bertz CT molecular complexity index is 3410. The van der Waals surface area contributed by atoms with Crippen molar-refractivity contribution in [1.82, 2.24) is 13.7 Å². The topological polar surface area (TPSA) is 14.8 Å². The summed E-state index contributed by atoms with van der Waals surface area (Å²) in [6, 6.07) is 59.4. The summed E-state index contributed by atoms with van der Waals surface area (Å²) in [5.41, 5.74) is 21.7. The van der Waals surface area contributed by atoms with Crippen molar-refractivity contribution in [2.75, 3.05) is 0 Å². The van der Waals surface area contributed by atoms with Gasteiger partial charge in [0.2, 0.25) is 0 Å². The summed E-state index contributed by atoms with van der Waals surface area (Å²) >= 11 is 0. The highest BCUT2D eigenvalue weighted by Gasteiger charge is 2.41. The van der Waals surface area contributed by atoms with E-state index in [9.17, 15) is 0 Å². The maximum absolute atomic E-state index is 2.62.